The number of hydrogen-bond donors (Lipinski definition) is 2. The summed E-state index contributed by atoms with van der Waals surface area (Å²) in [6.07, 6.45) is -6.12. The van der Waals surface area contributed by atoms with Crippen molar-refractivity contribution in [1.29, 1.82) is 0 Å². The molecule has 23 heavy (non-hydrogen) atoms. The molecule has 8 heteroatoms. The van der Waals surface area contributed by atoms with Crippen molar-refractivity contribution in [2.45, 2.75) is 31.2 Å². The number of alkyl halides is 3. The molecule has 1 heterocycles. The van der Waals surface area contributed by atoms with Gasteiger partial charge in [0.1, 0.15) is 0 Å². The fraction of sp³-hybridized carbons (Fsp3) is 0.467. The van der Waals surface area contributed by atoms with Gasteiger partial charge in [-0.1, -0.05) is 30.3 Å². The first-order chi connectivity index (χ1) is 10.6. The number of rotatable bonds is 4. The van der Waals surface area contributed by atoms with E-state index in [2.05, 4.69) is 5.32 Å². The van der Waals surface area contributed by atoms with Gasteiger partial charge < -0.3 is 15.3 Å². The molecule has 1 saturated heterocycles. The minimum Gasteiger partial charge on any atom is -0.376 e. The van der Waals surface area contributed by atoms with Crippen LogP contribution < -0.4 is 5.32 Å². The topological polar surface area (TPSA) is 69.6 Å². The largest absolute Gasteiger partial charge is 0.421 e. The molecule has 5 nitrogen and oxygen atoms in total. The molecular formula is C15H17F3N2O3. The molecule has 1 aromatic carbocycles. The highest BCUT2D eigenvalue weighted by molar-refractivity contribution is 5.79. The molecule has 1 aliphatic rings. The van der Waals surface area contributed by atoms with Crippen LogP contribution in [0.4, 0.5) is 13.2 Å². The Morgan fingerprint density at radius 1 is 1.26 bits per heavy atom. The summed E-state index contributed by atoms with van der Waals surface area (Å²) in [6.45, 7) is 1.89. The van der Waals surface area contributed by atoms with Crippen LogP contribution in [-0.4, -0.2) is 47.1 Å². The van der Waals surface area contributed by atoms with Gasteiger partial charge in [0.2, 0.25) is 11.8 Å². The molecule has 0 radical (unpaired) electrons. The molecular weight excluding hydrogens is 313 g/mol. The first kappa shape index (κ1) is 17.3. The Kier molecular flexibility index (Phi) is 4.65. The lowest BCUT2D eigenvalue weighted by atomic mass is 9.89. The number of nitrogens with one attached hydrogen (secondary N) is 1. The van der Waals surface area contributed by atoms with Crippen molar-refractivity contribution in [2.24, 2.45) is 0 Å². The molecule has 1 aromatic rings. The molecule has 0 bridgehead atoms. The third-order valence-corrected chi connectivity index (χ3v) is 3.83. The van der Waals surface area contributed by atoms with E-state index in [-0.39, 0.29) is 30.6 Å². The van der Waals surface area contributed by atoms with Gasteiger partial charge in [-0.25, -0.2) is 0 Å². The summed E-state index contributed by atoms with van der Waals surface area (Å²) < 4.78 is 39.8. The molecule has 0 unspecified atom stereocenters. The van der Waals surface area contributed by atoms with Gasteiger partial charge in [0, 0.05) is 20.0 Å². The number of hydrogen-bond acceptors (Lipinski definition) is 3. The molecule has 2 rings (SSSR count). The van der Waals surface area contributed by atoms with Crippen molar-refractivity contribution in [3.05, 3.63) is 35.9 Å². The van der Waals surface area contributed by atoms with E-state index in [0.29, 0.717) is 0 Å². The highest BCUT2D eigenvalue weighted by Crippen LogP contribution is 2.41. The van der Waals surface area contributed by atoms with Gasteiger partial charge in [-0.3, -0.25) is 9.59 Å². The number of carbonyl (C=O) groups is 2. The standard InChI is InChI=1S/C15H17F3N2O3/c1-10(21)20-8-12(9-20)19-13(22)7-14(23,15(16,17)18)11-5-3-2-4-6-11/h2-6,12,23H,7-9H2,1H3,(H,19,22)/t14-/m0/s1. The Balaban J connectivity index is 2.05. The summed E-state index contributed by atoms with van der Waals surface area (Å²) in [4.78, 5) is 24.4. The zero-order chi connectivity index (χ0) is 17.3. The number of amides is 2. The monoisotopic (exact) mass is 330 g/mol. The predicted octanol–water partition coefficient (Wildman–Crippen LogP) is 1.17. The van der Waals surface area contributed by atoms with E-state index < -0.39 is 24.1 Å². The number of aliphatic hydroxyl groups is 1. The van der Waals surface area contributed by atoms with E-state index in [1.54, 1.807) is 0 Å². The van der Waals surface area contributed by atoms with Crippen LogP contribution in [0.5, 0.6) is 0 Å². The second kappa shape index (κ2) is 6.19. The number of carbonyl (C=O) groups excluding carboxylic acids is 2. The molecule has 0 spiro atoms. The van der Waals surface area contributed by atoms with E-state index in [0.717, 1.165) is 12.1 Å². The highest BCUT2D eigenvalue weighted by Gasteiger charge is 2.56. The maximum absolute atomic E-state index is 13.3. The molecule has 0 saturated carbocycles. The molecule has 1 fully saturated rings. The maximum atomic E-state index is 13.3. The molecule has 126 valence electrons. The van der Waals surface area contributed by atoms with Crippen LogP contribution in [-0.2, 0) is 15.2 Å². The molecule has 1 aliphatic heterocycles. The van der Waals surface area contributed by atoms with Gasteiger partial charge >= 0.3 is 6.18 Å². The molecule has 2 N–H and O–H groups in total. The maximum Gasteiger partial charge on any atom is 0.421 e. The molecule has 0 aliphatic carbocycles. The van der Waals surface area contributed by atoms with E-state index in [1.165, 1.54) is 30.0 Å². The second-order valence-electron chi connectivity index (χ2n) is 5.59. The number of halogens is 3. The average molecular weight is 330 g/mol. The first-order valence-corrected chi connectivity index (χ1v) is 7.03. The summed E-state index contributed by atoms with van der Waals surface area (Å²) in [6, 6.07) is 6.11. The minimum atomic E-state index is -4.99. The fourth-order valence-corrected chi connectivity index (χ4v) is 2.42. The van der Waals surface area contributed by atoms with E-state index in [9.17, 15) is 27.9 Å². The van der Waals surface area contributed by atoms with Gasteiger partial charge in [-0.05, 0) is 5.56 Å². The Morgan fingerprint density at radius 2 is 1.83 bits per heavy atom. The van der Waals surface area contributed by atoms with Gasteiger partial charge in [0.25, 0.3) is 0 Å². The van der Waals surface area contributed by atoms with Crippen molar-refractivity contribution in [1.82, 2.24) is 10.2 Å². The predicted molar refractivity (Wildman–Crippen MR) is 75.2 cm³/mol. The van der Waals surface area contributed by atoms with Crippen LogP contribution in [0, 0.1) is 0 Å². The van der Waals surface area contributed by atoms with Crippen LogP contribution >= 0.6 is 0 Å². The van der Waals surface area contributed by atoms with Crippen LogP contribution in [0.2, 0.25) is 0 Å². The van der Waals surface area contributed by atoms with Crippen LogP contribution in [0.25, 0.3) is 0 Å². The van der Waals surface area contributed by atoms with Crippen molar-refractivity contribution in [3.8, 4) is 0 Å². The number of nitrogens with zero attached hydrogens (tertiary/aromatic N) is 1. The molecule has 0 aromatic heterocycles. The van der Waals surface area contributed by atoms with Crippen LogP contribution in [0.1, 0.15) is 18.9 Å². The van der Waals surface area contributed by atoms with Crippen molar-refractivity contribution >= 4 is 11.8 Å². The van der Waals surface area contributed by atoms with Gasteiger partial charge in [0.15, 0.2) is 5.60 Å². The van der Waals surface area contributed by atoms with Crippen LogP contribution in [0.15, 0.2) is 30.3 Å². The summed E-state index contributed by atoms with van der Waals surface area (Å²) in [5.41, 5.74) is -3.64. The quantitative estimate of drug-likeness (QED) is 0.871. The van der Waals surface area contributed by atoms with E-state index in [1.807, 2.05) is 0 Å². The highest BCUT2D eigenvalue weighted by atomic mass is 19.4. The Bertz CT molecular complexity index is 585. The second-order valence-corrected chi connectivity index (χ2v) is 5.59. The van der Waals surface area contributed by atoms with Gasteiger partial charge in [0.05, 0.1) is 12.5 Å². The Hall–Kier alpha value is -2.09. The van der Waals surface area contributed by atoms with E-state index >= 15 is 0 Å². The first-order valence-electron chi connectivity index (χ1n) is 7.03. The number of likely N-dealkylation sites (tertiary alicyclic amines) is 1. The van der Waals surface area contributed by atoms with E-state index in [4.69, 9.17) is 0 Å². The normalized spacial score (nSPS) is 18.0. The lowest BCUT2D eigenvalue weighted by molar-refractivity contribution is -0.267. The number of benzene rings is 1. The third kappa shape index (κ3) is 3.64. The van der Waals surface area contributed by atoms with Crippen molar-refractivity contribution in [3.63, 3.8) is 0 Å². The summed E-state index contributed by atoms with van der Waals surface area (Å²) >= 11 is 0. The zero-order valence-electron chi connectivity index (χ0n) is 12.4. The zero-order valence-corrected chi connectivity index (χ0v) is 12.4. The summed E-state index contributed by atoms with van der Waals surface area (Å²) in [5, 5.41) is 12.5. The Labute approximate surface area is 131 Å². The summed E-state index contributed by atoms with van der Waals surface area (Å²) in [5.74, 6) is -1.08. The smallest absolute Gasteiger partial charge is 0.376 e. The Morgan fingerprint density at radius 3 is 2.30 bits per heavy atom. The third-order valence-electron chi connectivity index (χ3n) is 3.83. The average Bonchev–Trinajstić information content (AvgIpc) is 2.41. The lowest BCUT2D eigenvalue weighted by Gasteiger charge is -2.39. The van der Waals surface area contributed by atoms with Gasteiger partial charge in [-0.15, -0.1) is 0 Å². The minimum absolute atomic E-state index is 0.161. The lowest BCUT2D eigenvalue weighted by Crippen LogP contribution is -2.61. The summed E-state index contributed by atoms with van der Waals surface area (Å²) in [7, 11) is 0. The SMILES string of the molecule is CC(=O)N1CC(NC(=O)C[C@](O)(c2ccccc2)C(F)(F)F)C1. The van der Waals surface area contributed by atoms with Gasteiger partial charge in [-0.2, -0.15) is 13.2 Å². The van der Waals surface area contributed by atoms with Crippen LogP contribution in [0.3, 0.4) is 0 Å². The molecule has 2 amide bonds. The molecule has 1 atom stereocenters. The fourth-order valence-electron chi connectivity index (χ4n) is 2.42. The van der Waals surface area contributed by atoms with Crippen molar-refractivity contribution < 1.29 is 27.9 Å². The van der Waals surface area contributed by atoms with Crippen molar-refractivity contribution in [2.75, 3.05) is 13.1 Å².